The molecule has 0 radical (unpaired) electrons. The Bertz CT molecular complexity index is 796. The van der Waals surface area contributed by atoms with Crippen molar-refractivity contribution in [3.05, 3.63) is 66.4 Å². The third-order valence-corrected chi connectivity index (χ3v) is 4.23. The van der Waals surface area contributed by atoms with Crippen molar-refractivity contribution in [3.8, 4) is 12.1 Å². The molecule has 0 saturated carbocycles. The molecule has 0 bridgehead atoms. The molecule has 0 N–H and O–H groups in total. The van der Waals surface area contributed by atoms with Crippen LogP contribution in [0.4, 0.5) is 10.0 Å². The van der Waals surface area contributed by atoms with Gasteiger partial charge >= 0.3 is 10.0 Å². The fourth-order valence-electron chi connectivity index (χ4n) is 1.30. The van der Waals surface area contributed by atoms with Gasteiger partial charge in [0.1, 0.15) is 0 Å². The molecule has 0 aliphatic heterocycles. The Hall–Kier alpha value is -3.34. The maximum absolute atomic E-state index is 10.2. The molecule has 2 aromatic heterocycles. The molecule has 24 heavy (non-hydrogen) atoms. The topological polar surface area (TPSA) is 134 Å². The van der Waals surface area contributed by atoms with Crippen LogP contribution < -0.4 is 0 Å². The Balaban J connectivity index is 0.000000240. The molecule has 0 aliphatic rings. The maximum atomic E-state index is 10.2. The third-order valence-electron chi connectivity index (χ3n) is 2.23. The third kappa shape index (κ3) is 6.19. The van der Waals surface area contributed by atoms with Gasteiger partial charge in [0.25, 0.3) is 0 Å². The van der Waals surface area contributed by atoms with E-state index < -0.39 is 9.85 Å². The second-order valence-corrected chi connectivity index (χ2v) is 5.98. The van der Waals surface area contributed by atoms with Crippen molar-refractivity contribution in [1.29, 1.82) is 10.5 Å². The molecular weight excluding hydrogens is 352 g/mol. The van der Waals surface area contributed by atoms with Crippen LogP contribution in [0.25, 0.3) is 12.2 Å². The molecule has 0 aromatic carbocycles. The number of hydrogen-bond donors (Lipinski definition) is 0. The summed E-state index contributed by atoms with van der Waals surface area (Å²) >= 11 is 2.09. The predicted molar refractivity (Wildman–Crippen MR) is 91.2 cm³/mol. The minimum Gasteiger partial charge on any atom is -0.258 e. The second-order valence-electron chi connectivity index (χ2n) is 3.79. The lowest BCUT2D eigenvalue weighted by molar-refractivity contribution is -0.380. The number of nitrogens with zero attached hydrogens (tertiary/aromatic N) is 4. The van der Waals surface area contributed by atoms with Crippen LogP contribution in [0.1, 0.15) is 9.75 Å². The Kier molecular flexibility index (Phi) is 7.51. The summed E-state index contributed by atoms with van der Waals surface area (Å²) in [6, 6.07) is 9.67. The number of rotatable bonds is 4. The Morgan fingerprint density at radius 2 is 1.21 bits per heavy atom. The zero-order valence-electron chi connectivity index (χ0n) is 11.9. The van der Waals surface area contributed by atoms with Gasteiger partial charge in [-0.15, -0.1) is 0 Å². The predicted octanol–water partition coefficient (Wildman–Crippen LogP) is 4.39. The minimum atomic E-state index is -0.450. The van der Waals surface area contributed by atoms with E-state index in [-0.39, 0.29) is 10.0 Å². The average molecular weight is 360 g/mol. The van der Waals surface area contributed by atoms with Crippen LogP contribution in [0, 0.1) is 42.9 Å². The van der Waals surface area contributed by atoms with E-state index in [1.165, 1.54) is 36.4 Å². The first-order valence-corrected chi connectivity index (χ1v) is 7.72. The Morgan fingerprint density at radius 3 is 1.46 bits per heavy atom. The number of thiophene rings is 2. The van der Waals surface area contributed by atoms with Crippen LogP contribution in [0.2, 0.25) is 0 Å². The van der Waals surface area contributed by atoms with E-state index in [2.05, 4.69) is 0 Å². The summed E-state index contributed by atoms with van der Waals surface area (Å²) in [6.45, 7) is 0. The molecular formula is C14H8N4O4S2. The van der Waals surface area contributed by atoms with E-state index in [0.29, 0.717) is 9.75 Å². The van der Waals surface area contributed by atoms with E-state index in [4.69, 9.17) is 10.5 Å². The van der Waals surface area contributed by atoms with Crippen molar-refractivity contribution < 1.29 is 9.85 Å². The molecule has 8 nitrogen and oxygen atoms in total. The Labute approximate surface area is 144 Å². The summed E-state index contributed by atoms with van der Waals surface area (Å²) in [6.07, 6.45) is 5.65. The monoisotopic (exact) mass is 360 g/mol. The van der Waals surface area contributed by atoms with Crippen LogP contribution in [0.3, 0.4) is 0 Å². The van der Waals surface area contributed by atoms with E-state index >= 15 is 0 Å². The van der Waals surface area contributed by atoms with Crippen LogP contribution in [0.15, 0.2) is 36.4 Å². The van der Waals surface area contributed by atoms with Gasteiger partial charge in [-0.2, -0.15) is 10.5 Å². The first-order valence-electron chi connectivity index (χ1n) is 6.08. The van der Waals surface area contributed by atoms with Crippen molar-refractivity contribution in [1.82, 2.24) is 0 Å². The van der Waals surface area contributed by atoms with E-state index in [0.717, 1.165) is 22.7 Å². The number of nitriles is 2. The van der Waals surface area contributed by atoms with Gasteiger partial charge in [-0.1, -0.05) is 22.7 Å². The molecule has 0 unspecified atom stereocenters. The highest BCUT2D eigenvalue weighted by Gasteiger charge is 2.07. The van der Waals surface area contributed by atoms with Gasteiger partial charge in [0, 0.05) is 34.0 Å². The highest BCUT2D eigenvalue weighted by Crippen LogP contribution is 2.25. The molecule has 0 atom stereocenters. The summed E-state index contributed by atoms with van der Waals surface area (Å²) in [5.41, 5.74) is 0. The maximum Gasteiger partial charge on any atom is 0.324 e. The lowest BCUT2D eigenvalue weighted by Gasteiger charge is -1.79. The van der Waals surface area contributed by atoms with Gasteiger partial charge in [-0.05, 0) is 24.3 Å². The van der Waals surface area contributed by atoms with E-state index in [9.17, 15) is 20.2 Å². The quantitative estimate of drug-likeness (QED) is 0.451. The van der Waals surface area contributed by atoms with Crippen molar-refractivity contribution in [2.75, 3.05) is 0 Å². The van der Waals surface area contributed by atoms with Gasteiger partial charge in [0.05, 0.1) is 22.0 Å². The van der Waals surface area contributed by atoms with Crippen LogP contribution in [-0.2, 0) is 0 Å². The zero-order valence-corrected chi connectivity index (χ0v) is 13.5. The summed E-state index contributed by atoms with van der Waals surface area (Å²) in [5.74, 6) is 0. The lowest BCUT2D eigenvalue weighted by Crippen LogP contribution is -1.80. The summed E-state index contributed by atoms with van der Waals surface area (Å²) < 4.78 is 0. The molecule has 0 amide bonds. The molecule has 2 rings (SSSR count). The highest BCUT2D eigenvalue weighted by molar-refractivity contribution is 7.16. The first kappa shape index (κ1) is 18.7. The Morgan fingerprint density at radius 1 is 0.833 bits per heavy atom. The van der Waals surface area contributed by atoms with Crippen molar-refractivity contribution >= 4 is 44.8 Å². The van der Waals surface area contributed by atoms with Gasteiger partial charge in [-0.25, -0.2) is 0 Å². The molecule has 0 fully saturated rings. The van der Waals surface area contributed by atoms with Crippen molar-refractivity contribution in [2.45, 2.75) is 0 Å². The molecule has 2 aromatic rings. The van der Waals surface area contributed by atoms with E-state index in [1.807, 2.05) is 12.1 Å². The fourth-order valence-corrected chi connectivity index (χ4v) is 2.75. The second kappa shape index (κ2) is 9.63. The van der Waals surface area contributed by atoms with Gasteiger partial charge in [-0.3, -0.25) is 20.2 Å². The first-order chi connectivity index (χ1) is 11.5. The van der Waals surface area contributed by atoms with E-state index in [1.54, 1.807) is 12.1 Å². The molecule has 0 spiro atoms. The SMILES string of the molecule is N#C/C=C/c1ccc([N+](=O)[O-])s1.N#C/C=C/c1ccc([N+](=O)[O-])s1. The number of nitro groups is 2. The van der Waals surface area contributed by atoms with Gasteiger partial charge < -0.3 is 0 Å². The standard InChI is InChI=1S/2C7H4N2O2S/c2*8-5-1-2-6-3-4-7(12-6)9(10)11/h2*1-4H/b2*2-1+. The summed E-state index contributed by atoms with van der Waals surface area (Å²) in [5, 5.41) is 37.0. The highest BCUT2D eigenvalue weighted by atomic mass is 32.1. The average Bonchev–Trinajstić information content (AvgIpc) is 3.21. The molecule has 2 heterocycles. The van der Waals surface area contributed by atoms with Crippen LogP contribution in [0.5, 0.6) is 0 Å². The molecule has 0 aliphatic carbocycles. The van der Waals surface area contributed by atoms with Crippen molar-refractivity contribution in [3.63, 3.8) is 0 Å². The van der Waals surface area contributed by atoms with Crippen LogP contribution >= 0.6 is 22.7 Å². The molecule has 120 valence electrons. The normalized spacial score (nSPS) is 9.92. The zero-order chi connectivity index (χ0) is 17.9. The molecule has 0 saturated heterocycles. The molecule has 10 heteroatoms. The van der Waals surface area contributed by atoms with Gasteiger partial charge in [0.15, 0.2) is 0 Å². The minimum absolute atomic E-state index is 0.0904. The largest absolute Gasteiger partial charge is 0.324 e. The fraction of sp³-hybridized carbons (Fsp3) is 0. The van der Waals surface area contributed by atoms with Gasteiger partial charge in [0.2, 0.25) is 0 Å². The van der Waals surface area contributed by atoms with Crippen molar-refractivity contribution in [2.24, 2.45) is 0 Å². The smallest absolute Gasteiger partial charge is 0.258 e. The number of allylic oxidation sites excluding steroid dienone is 2. The number of hydrogen-bond acceptors (Lipinski definition) is 8. The van der Waals surface area contributed by atoms with Crippen LogP contribution in [-0.4, -0.2) is 9.85 Å². The summed E-state index contributed by atoms with van der Waals surface area (Å²) in [4.78, 5) is 21.0. The lowest BCUT2D eigenvalue weighted by atomic mass is 10.4. The summed E-state index contributed by atoms with van der Waals surface area (Å²) in [7, 11) is 0.